The number of rotatable bonds is 4. The van der Waals surface area contributed by atoms with Gasteiger partial charge in [0, 0.05) is 30.1 Å². The van der Waals surface area contributed by atoms with Crippen molar-refractivity contribution in [3.05, 3.63) is 34.9 Å². The summed E-state index contributed by atoms with van der Waals surface area (Å²) in [5.41, 5.74) is 1.42. The number of carbonyl (C=O) groups is 1. The topological polar surface area (TPSA) is 41.1 Å². The van der Waals surface area contributed by atoms with Crippen LogP contribution in [0.15, 0.2) is 24.3 Å². The normalized spacial score (nSPS) is 21.4. The van der Waals surface area contributed by atoms with Gasteiger partial charge in [0.1, 0.15) is 0 Å². The lowest BCUT2D eigenvalue weighted by Crippen LogP contribution is -2.52. The summed E-state index contributed by atoms with van der Waals surface area (Å²) >= 11 is 5.98. The first-order valence-corrected chi connectivity index (χ1v) is 7.82. The van der Waals surface area contributed by atoms with Gasteiger partial charge in [-0.25, -0.2) is 0 Å². The molecule has 1 aliphatic heterocycles. The molecule has 0 spiro atoms. The highest BCUT2D eigenvalue weighted by Crippen LogP contribution is 2.41. The molecule has 0 aromatic heterocycles. The molecule has 1 saturated heterocycles. The van der Waals surface area contributed by atoms with Crippen molar-refractivity contribution in [3.63, 3.8) is 0 Å². The zero-order valence-electron chi connectivity index (χ0n) is 11.6. The molecule has 20 heavy (non-hydrogen) atoms. The van der Waals surface area contributed by atoms with Gasteiger partial charge in [0.25, 0.3) is 0 Å². The summed E-state index contributed by atoms with van der Waals surface area (Å²) in [5.74, 6) is 0.364. The fourth-order valence-electron chi connectivity index (χ4n) is 3.30. The number of nitrogens with one attached hydrogen (secondary N) is 2. The van der Waals surface area contributed by atoms with Crippen molar-refractivity contribution in [1.29, 1.82) is 0 Å². The average molecular weight is 293 g/mol. The number of carbonyl (C=O) groups excluding carboxylic acids is 1. The van der Waals surface area contributed by atoms with Crippen molar-refractivity contribution in [2.45, 2.75) is 31.1 Å². The Balaban J connectivity index is 1.70. The third-order valence-corrected chi connectivity index (χ3v) is 5.02. The van der Waals surface area contributed by atoms with E-state index in [1.165, 1.54) is 18.4 Å². The molecule has 0 unspecified atom stereocenters. The van der Waals surface area contributed by atoms with E-state index in [2.05, 4.69) is 22.8 Å². The average Bonchev–Trinajstić information content (AvgIpc) is 2.85. The molecule has 1 aliphatic carbocycles. The summed E-state index contributed by atoms with van der Waals surface area (Å²) in [6.45, 7) is 2.39. The molecule has 2 aliphatic rings. The minimum atomic E-state index is 0.109. The van der Waals surface area contributed by atoms with Crippen LogP contribution in [0.3, 0.4) is 0 Å². The monoisotopic (exact) mass is 292 g/mol. The van der Waals surface area contributed by atoms with E-state index in [-0.39, 0.29) is 17.2 Å². The Morgan fingerprint density at radius 3 is 2.45 bits per heavy atom. The molecule has 1 saturated carbocycles. The van der Waals surface area contributed by atoms with E-state index in [1.54, 1.807) is 0 Å². The quantitative estimate of drug-likeness (QED) is 0.895. The maximum Gasteiger partial charge on any atom is 0.225 e. The SMILES string of the molecule is O=C(NCC1(c2ccc(Cl)cc2)CCCC1)C1CNC1. The van der Waals surface area contributed by atoms with Crippen molar-refractivity contribution < 1.29 is 4.79 Å². The van der Waals surface area contributed by atoms with Crippen LogP contribution in [-0.4, -0.2) is 25.5 Å². The minimum absolute atomic E-state index is 0.109. The van der Waals surface area contributed by atoms with Crippen molar-refractivity contribution in [1.82, 2.24) is 10.6 Å². The van der Waals surface area contributed by atoms with Gasteiger partial charge in [-0.2, -0.15) is 0 Å². The van der Waals surface area contributed by atoms with Crippen molar-refractivity contribution in [2.24, 2.45) is 5.92 Å². The smallest absolute Gasteiger partial charge is 0.225 e. The predicted octanol–water partition coefficient (Wildman–Crippen LogP) is 2.49. The van der Waals surface area contributed by atoms with E-state index in [0.717, 1.165) is 37.5 Å². The molecule has 3 nitrogen and oxygen atoms in total. The molecular formula is C16H21ClN2O. The van der Waals surface area contributed by atoms with Crippen LogP contribution in [0.4, 0.5) is 0 Å². The summed E-state index contributed by atoms with van der Waals surface area (Å²) in [6.07, 6.45) is 4.78. The van der Waals surface area contributed by atoms with Gasteiger partial charge in [-0.3, -0.25) is 4.79 Å². The lowest BCUT2D eigenvalue weighted by atomic mass is 9.78. The van der Waals surface area contributed by atoms with E-state index in [1.807, 2.05) is 12.1 Å². The van der Waals surface area contributed by atoms with Gasteiger partial charge >= 0.3 is 0 Å². The zero-order chi connectivity index (χ0) is 14.0. The standard InChI is InChI=1S/C16H21ClN2O/c17-14-5-3-13(4-6-14)16(7-1-2-8-16)11-19-15(20)12-9-18-10-12/h3-6,12,18H,1-2,7-11H2,(H,19,20). The van der Waals surface area contributed by atoms with Crippen LogP contribution in [-0.2, 0) is 10.2 Å². The predicted molar refractivity (Wildman–Crippen MR) is 81.0 cm³/mol. The second-order valence-electron chi connectivity index (χ2n) is 6.07. The van der Waals surface area contributed by atoms with Crippen molar-refractivity contribution in [3.8, 4) is 0 Å². The van der Waals surface area contributed by atoms with Gasteiger partial charge in [0.05, 0.1) is 5.92 Å². The highest BCUT2D eigenvalue weighted by atomic mass is 35.5. The molecule has 4 heteroatoms. The molecule has 2 fully saturated rings. The van der Waals surface area contributed by atoms with E-state index in [0.29, 0.717) is 0 Å². The Hall–Kier alpha value is -1.06. The Labute approximate surface area is 125 Å². The van der Waals surface area contributed by atoms with E-state index in [9.17, 15) is 4.79 Å². The second-order valence-corrected chi connectivity index (χ2v) is 6.50. The first-order chi connectivity index (χ1) is 9.70. The lowest BCUT2D eigenvalue weighted by Gasteiger charge is -2.32. The number of halogens is 1. The van der Waals surface area contributed by atoms with Crippen LogP contribution in [0.5, 0.6) is 0 Å². The Bertz CT molecular complexity index is 476. The van der Waals surface area contributed by atoms with Gasteiger partial charge < -0.3 is 10.6 Å². The summed E-state index contributed by atoms with van der Waals surface area (Å²) in [5, 5.41) is 7.08. The highest BCUT2D eigenvalue weighted by Gasteiger charge is 2.36. The molecule has 1 amide bonds. The minimum Gasteiger partial charge on any atom is -0.355 e. The third-order valence-electron chi connectivity index (χ3n) is 4.77. The van der Waals surface area contributed by atoms with Crippen LogP contribution >= 0.6 is 11.6 Å². The van der Waals surface area contributed by atoms with E-state index in [4.69, 9.17) is 11.6 Å². The van der Waals surface area contributed by atoms with Crippen molar-refractivity contribution >= 4 is 17.5 Å². The fraction of sp³-hybridized carbons (Fsp3) is 0.562. The first kappa shape index (κ1) is 13.9. The molecule has 0 radical (unpaired) electrons. The second kappa shape index (κ2) is 5.74. The number of hydrogen-bond acceptors (Lipinski definition) is 2. The molecule has 1 aromatic carbocycles. The maximum absolute atomic E-state index is 12.0. The Morgan fingerprint density at radius 2 is 1.90 bits per heavy atom. The molecule has 1 heterocycles. The molecule has 2 N–H and O–H groups in total. The van der Waals surface area contributed by atoms with E-state index >= 15 is 0 Å². The third kappa shape index (κ3) is 2.70. The van der Waals surface area contributed by atoms with Crippen LogP contribution in [0.1, 0.15) is 31.2 Å². The van der Waals surface area contributed by atoms with Gasteiger partial charge in [-0.15, -0.1) is 0 Å². The van der Waals surface area contributed by atoms with Gasteiger partial charge in [0.15, 0.2) is 0 Å². The lowest BCUT2D eigenvalue weighted by molar-refractivity contribution is -0.126. The van der Waals surface area contributed by atoms with Gasteiger partial charge in [-0.05, 0) is 30.5 Å². The summed E-state index contributed by atoms with van der Waals surface area (Å²) in [4.78, 5) is 12.0. The summed E-state index contributed by atoms with van der Waals surface area (Å²) < 4.78 is 0. The summed E-state index contributed by atoms with van der Waals surface area (Å²) in [6, 6.07) is 8.14. The molecule has 0 bridgehead atoms. The van der Waals surface area contributed by atoms with Gasteiger partial charge in [0.2, 0.25) is 5.91 Å². The molecule has 3 rings (SSSR count). The van der Waals surface area contributed by atoms with Crippen LogP contribution in [0.2, 0.25) is 5.02 Å². The molecule has 1 aromatic rings. The number of hydrogen-bond donors (Lipinski definition) is 2. The first-order valence-electron chi connectivity index (χ1n) is 7.44. The Morgan fingerprint density at radius 1 is 1.25 bits per heavy atom. The number of amides is 1. The molecular weight excluding hydrogens is 272 g/mol. The zero-order valence-corrected chi connectivity index (χ0v) is 12.4. The highest BCUT2D eigenvalue weighted by molar-refractivity contribution is 6.30. The van der Waals surface area contributed by atoms with Crippen molar-refractivity contribution in [2.75, 3.05) is 19.6 Å². The van der Waals surface area contributed by atoms with Gasteiger partial charge in [-0.1, -0.05) is 36.6 Å². The van der Waals surface area contributed by atoms with Crippen LogP contribution in [0.25, 0.3) is 0 Å². The largest absolute Gasteiger partial charge is 0.355 e. The fourth-order valence-corrected chi connectivity index (χ4v) is 3.42. The maximum atomic E-state index is 12.0. The molecule has 0 atom stereocenters. The van der Waals surface area contributed by atoms with E-state index < -0.39 is 0 Å². The van der Waals surface area contributed by atoms with Crippen LogP contribution in [0, 0.1) is 5.92 Å². The number of benzene rings is 1. The molecule has 108 valence electrons. The summed E-state index contributed by atoms with van der Waals surface area (Å²) in [7, 11) is 0. The van der Waals surface area contributed by atoms with Crippen LogP contribution < -0.4 is 10.6 Å². The Kier molecular flexibility index (Phi) is 3.99.